The van der Waals surface area contributed by atoms with Crippen molar-refractivity contribution in [1.82, 2.24) is 4.90 Å². The summed E-state index contributed by atoms with van der Waals surface area (Å²) in [6.45, 7) is -0.180. The summed E-state index contributed by atoms with van der Waals surface area (Å²) < 4.78 is 40.7. The van der Waals surface area contributed by atoms with Crippen molar-refractivity contribution >= 4 is 22.9 Å². The Morgan fingerprint density at radius 3 is 2.12 bits per heavy atom. The van der Waals surface area contributed by atoms with Crippen LogP contribution in [-0.2, 0) is 9.53 Å². The average molecular weight is 260 g/mol. The molecular weight excluding hydrogens is 251 g/mol. The Morgan fingerprint density at radius 2 is 1.75 bits per heavy atom. The van der Waals surface area contributed by atoms with Crippen LogP contribution in [0.1, 0.15) is 12.8 Å². The first-order valence-electron chi connectivity index (χ1n) is 4.53. The number of carbonyl (C=O) groups excluding carboxylic acids is 2. The van der Waals surface area contributed by atoms with E-state index in [-0.39, 0.29) is 25.9 Å². The maximum atomic E-state index is 12.0. The molecule has 0 aromatic rings. The van der Waals surface area contributed by atoms with Gasteiger partial charge >= 0.3 is 17.5 Å². The molecule has 1 fully saturated rings. The molecule has 0 atom stereocenters. The molecule has 0 N–H and O–H groups in total. The minimum absolute atomic E-state index is 0.0901. The molecule has 0 bridgehead atoms. The van der Waals surface area contributed by atoms with Crippen LogP contribution in [0.2, 0.25) is 0 Å². The summed E-state index contributed by atoms with van der Waals surface area (Å²) >= 11 is 4.96. The lowest BCUT2D eigenvalue weighted by Crippen LogP contribution is -2.46. The van der Waals surface area contributed by atoms with Crippen molar-refractivity contribution in [2.45, 2.75) is 25.1 Å². The average Bonchev–Trinajstić information content (AvgIpc) is 2.15. The van der Waals surface area contributed by atoms with E-state index in [9.17, 15) is 22.8 Å². The molecule has 0 aromatic heterocycles. The monoisotopic (exact) mass is 259 g/mol. The van der Waals surface area contributed by atoms with Crippen LogP contribution in [0.5, 0.6) is 0 Å². The quantitative estimate of drug-likeness (QED) is 0.676. The number of piperidine rings is 1. The van der Waals surface area contributed by atoms with Crippen molar-refractivity contribution in [2.75, 3.05) is 13.1 Å². The van der Waals surface area contributed by atoms with E-state index in [1.54, 1.807) is 0 Å². The third kappa shape index (κ3) is 3.55. The highest BCUT2D eigenvalue weighted by Crippen LogP contribution is 2.22. The van der Waals surface area contributed by atoms with Crippen molar-refractivity contribution in [2.24, 2.45) is 0 Å². The molecule has 0 saturated carbocycles. The SMILES string of the molecule is O=C(Cl)OC1CCN(C(=O)C(F)(F)F)CC1. The van der Waals surface area contributed by atoms with Gasteiger partial charge in [-0.15, -0.1) is 0 Å². The molecule has 1 rings (SSSR count). The Kier molecular flexibility index (Phi) is 4.01. The van der Waals surface area contributed by atoms with E-state index in [2.05, 4.69) is 4.74 Å². The van der Waals surface area contributed by atoms with Gasteiger partial charge in [0, 0.05) is 37.5 Å². The Balaban J connectivity index is 2.43. The maximum Gasteiger partial charge on any atom is 0.471 e. The molecule has 16 heavy (non-hydrogen) atoms. The van der Waals surface area contributed by atoms with Crippen LogP contribution in [0, 0.1) is 0 Å². The van der Waals surface area contributed by atoms with Crippen LogP contribution in [0.4, 0.5) is 18.0 Å². The lowest BCUT2D eigenvalue weighted by atomic mass is 10.1. The number of carbonyl (C=O) groups is 2. The number of ether oxygens (including phenoxy) is 1. The summed E-state index contributed by atoms with van der Waals surface area (Å²) in [5, 5.41) is 0. The van der Waals surface area contributed by atoms with Crippen LogP contribution in [0.25, 0.3) is 0 Å². The number of hydrogen-bond donors (Lipinski definition) is 0. The highest BCUT2D eigenvalue weighted by molar-refractivity contribution is 6.61. The number of rotatable bonds is 1. The Bertz CT molecular complexity index is 287. The van der Waals surface area contributed by atoms with E-state index in [0.29, 0.717) is 4.90 Å². The van der Waals surface area contributed by atoms with Crippen molar-refractivity contribution in [3.05, 3.63) is 0 Å². The molecule has 0 unspecified atom stereocenters. The normalized spacial score (nSPS) is 18.4. The summed E-state index contributed by atoms with van der Waals surface area (Å²) in [6.07, 6.45) is -5.03. The summed E-state index contributed by atoms with van der Waals surface area (Å²) in [6, 6.07) is 0. The van der Waals surface area contributed by atoms with Crippen molar-refractivity contribution in [1.29, 1.82) is 0 Å². The first-order valence-corrected chi connectivity index (χ1v) is 4.90. The zero-order valence-electron chi connectivity index (χ0n) is 8.09. The number of amides is 1. The van der Waals surface area contributed by atoms with Gasteiger partial charge in [0.1, 0.15) is 6.10 Å². The van der Waals surface area contributed by atoms with Crippen LogP contribution < -0.4 is 0 Å². The van der Waals surface area contributed by atoms with Crippen LogP contribution in [0.15, 0.2) is 0 Å². The largest absolute Gasteiger partial charge is 0.471 e. The third-order valence-electron chi connectivity index (χ3n) is 2.23. The Morgan fingerprint density at radius 1 is 1.25 bits per heavy atom. The van der Waals surface area contributed by atoms with Gasteiger partial charge in [0.05, 0.1) is 0 Å². The molecule has 8 heteroatoms. The number of likely N-dealkylation sites (tertiary alicyclic amines) is 1. The lowest BCUT2D eigenvalue weighted by Gasteiger charge is -2.31. The van der Waals surface area contributed by atoms with Crippen LogP contribution in [0.3, 0.4) is 0 Å². The molecule has 1 aliphatic heterocycles. The van der Waals surface area contributed by atoms with Gasteiger partial charge in [-0.2, -0.15) is 13.2 Å². The van der Waals surface area contributed by atoms with E-state index >= 15 is 0 Å². The first kappa shape index (κ1) is 13.1. The van der Waals surface area contributed by atoms with Crippen molar-refractivity contribution in [3.8, 4) is 0 Å². The van der Waals surface area contributed by atoms with Gasteiger partial charge in [-0.3, -0.25) is 4.79 Å². The van der Waals surface area contributed by atoms with E-state index < -0.39 is 23.6 Å². The molecule has 1 amide bonds. The molecule has 92 valence electrons. The molecule has 1 saturated heterocycles. The second kappa shape index (κ2) is 4.90. The van der Waals surface area contributed by atoms with E-state index in [1.165, 1.54) is 0 Å². The summed E-state index contributed by atoms with van der Waals surface area (Å²) in [4.78, 5) is 21.9. The van der Waals surface area contributed by atoms with E-state index in [1.807, 2.05) is 0 Å². The highest BCUT2D eigenvalue weighted by Gasteiger charge is 2.43. The van der Waals surface area contributed by atoms with E-state index in [4.69, 9.17) is 11.6 Å². The molecule has 1 heterocycles. The fourth-order valence-corrected chi connectivity index (χ4v) is 1.61. The first-order chi connectivity index (χ1) is 7.30. The molecule has 4 nitrogen and oxygen atoms in total. The van der Waals surface area contributed by atoms with Gasteiger partial charge in [0.2, 0.25) is 0 Å². The molecule has 0 radical (unpaired) electrons. The number of hydrogen-bond acceptors (Lipinski definition) is 3. The third-order valence-corrected chi connectivity index (χ3v) is 2.32. The van der Waals surface area contributed by atoms with Crippen LogP contribution >= 0.6 is 11.6 Å². The number of nitrogens with zero attached hydrogens (tertiary/aromatic N) is 1. The predicted octanol–water partition coefficient (Wildman–Crippen LogP) is 1.92. The summed E-state index contributed by atoms with van der Waals surface area (Å²) in [7, 11) is 0. The minimum atomic E-state index is -4.85. The molecule has 0 aromatic carbocycles. The second-order valence-electron chi connectivity index (χ2n) is 3.34. The van der Waals surface area contributed by atoms with Gasteiger partial charge in [-0.25, -0.2) is 4.79 Å². The predicted molar refractivity (Wildman–Crippen MR) is 48.0 cm³/mol. The van der Waals surface area contributed by atoms with Crippen molar-refractivity contribution in [3.63, 3.8) is 0 Å². The number of halogens is 4. The van der Waals surface area contributed by atoms with Gasteiger partial charge in [-0.1, -0.05) is 0 Å². The summed E-state index contributed by atoms with van der Waals surface area (Å²) in [5.74, 6) is -1.86. The second-order valence-corrected chi connectivity index (χ2v) is 3.65. The minimum Gasteiger partial charge on any atom is -0.450 e. The molecule has 1 aliphatic rings. The van der Waals surface area contributed by atoms with Gasteiger partial charge in [0.25, 0.3) is 0 Å². The van der Waals surface area contributed by atoms with Crippen LogP contribution in [-0.4, -0.2) is 41.6 Å². The zero-order valence-corrected chi connectivity index (χ0v) is 8.85. The number of alkyl halides is 3. The Labute approximate surface area is 94.3 Å². The molecule has 0 aliphatic carbocycles. The zero-order chi connectivity index (χ0) is 12.3. The highest BCUT2D eigenvalue weighted by atomic mass is 35.5. The van der Waals surface area contributed by atoms with Gasteiger partial charge < -0.3 is 9.64 Å². The maximum absolute atomic E-state index is 12.0. The fourth-order valence-electron chi connectivity index (χ4n) is 1.49. The van der Waals surface area contributed by atoms with E-state index in [0.717, 1.165) is 0 Å². The smallest absolute Gasteiger partial charge is 0.450 e. The molecular formula is C8H9ClF3NO3. The topological polar surface area (TPSA) is 46.6 Å². The van der Waals surface area contributed by atoms with Crippen molar-refractivity contribution < 1.29 is 27.5 Å². The fraction of sp³-hybridized carbons (Fsp3) is 0.750. The summed E-state index contributed by atoms with van der Waals surface area (Å²) in [5.41, 5.74) is -0.986. The lowest BCUT2D eigenvalue weighted by molar-refractivity contribution is -0.187. The standard InChI is InChI=1S/C8H9ClF3NO3/c9-7(15)16-5-1-3-13(4-2-5)6(14)8(10,11)12/h5H,1-4H2. The molecule has 0 spiro atoms. The Hall–Kier alpha value is -0.980. The van der Waals surface area contributed by atoms with Gasteiger partial charge in [0.15, 0.2) is 0 Å². The van der Waals surface area contributed by atoms with Gasteiger partial charge in [-0.05, 0) is 0 Å².